The third-order valence-electron chi connectivity index (χ3n) is 4.96. The Bertz CT molecular complexity index is 792. The molecule has 180 valence electrons. The average Bonchev–Trinajstić information content (AvgIpc) is 2.70. The van der Waals surface area contributed by atoms with Gasteiger partial charge in [-0.3, -0.25) is 9.59 Å². The number of nitrogens with zero attached hydrogens (tertiary/aromatic N) is 1. The largest absolute Gasteiger partial charge is 0.444 e. The fourth-order valence-corrected chi connectivity index (χ4v) is 3.52. The van der Waals surface area contributed by atoms with Crippen LogP contribution in [0.1, 0.15) is 69.7 Å². The number of alkyl carbamates (subject to hydrolysis) is 1. The monoisotopic (exact) mass is 465 g/mol. The van der Waals surface area contributed by atoms with E-state index in [-0.39, 0.29) is 11.7 Å². The molecule has 0 spiro atoms. The Morgan fingerprint density at radius 3 is 2.38 bits per heavy atom. The molecule has 1 aromatic rings. The first-order chi connectivity index (χ1) is 14.9. The van der Waals surface area contributed by atoms with E-state index >= 15 is 0 Å². The number of rotatable bonds is 10. The van der Waals surface area contributed by atoms with E-state index in [1.165, 1.54) is 4.90 Å². The number of ether oxygens (including phenoxy) is 1. The van der Waals surface area contributed by atoms with Crippen LogP contribution in [0.5, 0.6) is 0 Å². The van der Waals surface area contributed by atoms with Crippen molar-refractivity contribution in [3.8, 4) is 0 Å². The first-order valence-electron chi connectivity index (χ1n) is 11.1. The summed E-state index contributed by atoms with van der Waals surface area (Å²) >= 11 is 4.24. The number of carbonyl (C=O) groups excluding carboxylic acids is 3. The molecule has 0 saturated carbocycles. The standard InChI is InChI=1S/C24H39N3O4S/c1-8-9-10-13-25-21(28)20(18-14-16(2)11-12-17(18)3)27(7)22(29)19(15-32)26-23(30)31-24(4,5)6/h11-12,14,19-20,32H,8-10,13,15H2,1-7H3,(H,25,28)(H,26,30). The van der Waals surface area contributed by atoms with Gasteiger partial charge < -0.3 is 20.3 Å². The van der Waals surface area contributed by atoms with Crippen molar-refractivity contribution < 1.29 is 19.1 Å². The lowest BCUT2D eigenvalue weighted by atomic mass is 9.96. The zero-order valence-corrected chi connectivity index (χ0v) is 21.3. The maximum Gasteiger partial charge on any atom is 0.408 e. The summed E-state index contributed by atoms with van der Waals surface area (Å²) in [4.78, 5) is 40.1. The first kappa shape index (κ1) is 27.8. The van der Waals surface area contributed by atoms with Crippen molar-refractivity contribution in [2.75, 3.05) is 19.3 Å². The molecule has 32 heavy (non-hydrogen) atoms. The molecule has 2 unspecified atom stereocenters. The lowest BCUT2D eigenvalue weighted by Crippen LogP contribution is -2.52. The number of hydrogen-bond donors (Lipinski definition) is 3. The lowest BCUT2D eigenvalue weighted by molar-refractivity contribution is -0.140. The third-order valence-corrected chi connectivity index (χ3v) is 5.33. The maximum absolute atomic E-state index is 13.3. The summed E-state index contributed by atoms with van der Waals surface area (Å²) in [5.41, 5.74) is 1.96. The van der Waals surface area contributed by atoms with Gasteiger partial charge in [-0.15, -0.1) is 0 Å². The van der Waals surface area contributed by atoms with Gasteiger partial charge in [-0.2, -0.15) is 12.6 Å². The van der Waals surface area contributed by atoms with Crippen molar-refractivity contribution in [3.05, 3.63) is 34.9 Å². The van der Waals surface area contributed by atoms with E-state index < -0.39 is 29.7 Å². The summed E-state index contributed by atoms with van der Waals surface area (Å²) in [5.74, 6) is -0.596. The minimum absolute atomic E-state index is 0.0695. The number of likely N-dealkylation sites (N-methyl/N-ethyl adjacent to an activating group) is 1. The second-order valence-electron chi connectivity index (χ2n) is 9.09. The van der Waals surface area contributed by atoms with Gasteiger partial charge in [-0.1, -0.05) is 43.5 Å². The van der Waals surface area contributed by atoms with Gasteiger partial charge in [0.15, 0.2) is 0 Å². The average molecular weight is 466 g/mol. The summed E-state index contributed by atoms with van der Waals surface area (Å²) < 4.78 is 5.27. The van der Waals surface area contributed by atoms with Crippen LogP contribution >= 0.6 is 12.6 Å². The topological polar surface area (TPSA) is 87.7 Å². The SMILES string of the molecule is CCCCCNC(=O)C(c1cc(C)ccc1C)N(C)C(=O)C(CS)NC(=O)OC(C)(C)C. The van der Waals surface area contributed by atoms with Crippen LogP contribution in [0.2, 0.25) is 0 Å². The molecule has 0 aliphatic carbocycles. The van der Waals surface area contributed by atoms with Crippen LogP contribution in [-0.2, 0) is 14.3 Å². The van der Waals surface area contributed by atoms with Crippen molar-refractivity contribution in [1.82, 2.24) is 15.5 Å². The molecular formula is C24H39N3O4S. The van der Waals surface area contributed by atoms with Gasteiger partial charge in [0, 0.05) is 19.3 Å². The molecule has 3 amide bonds. The van der Waals surface area contributed by atoms with Crippen molar-refractivity contribution in [2.45, 2.75) is 78.5 Å². The van der Waals surface area contributed by atoms with Crippen molar-refractivity contribution in [2.24, 2.45) is 0 Å². The molecule has 0 heterocycles. The van der Waals surface area contributed by atoms with E-state index in [2.05, 4.69) is 30.2 Å². The molecule has 0 fully saturated rings. The van der Waals surface area contributed by atoms with Crippen LogP contribution in [-0.4, -0.2) is 53.8 Å². The van der Waals surface area contributed by atoms with Crippen LogP contribution in [0.15, 0.2) is 18.2 Å². The Morgan fingerprint density at radius 2 is 1.81 bits per heavy atom. The molecular weight excluding hydrogens is 426 g/mol. The Kier molecular flexibility index (Phi) is 11.1. The van der Waals surface area contributed by atoms with Crippen molar-refractivity contribution in [1.29, 1.82) is 0 Å². The van der Waals surface area contributed by atoms with Gasteiger partial charge in [0.1, 0.15) is 17.7 Å². The molecule has 0 aliphatic heterocycles. The fraction of sp³-hybridized carbons (Fsp3) is 0.625. The van der Waals surface area contributed by atoms with E-state index in [1.807, 2.05) is 32.0 Å². The van der Waals surface area contributed by atoms with Crippen LogP contribution in [0, 0.1) is 13.8 Å². The Balaban J connectivity index is 3.15. The number of thiol groups is 1. The van der Waals surface area contributed by atoms with Gasteiger partial charge in [0.2, 0.25) is 11.8 Å². The number of hydrogen-bond acceptors (Lipinski definition) is 5. The fourth-order valence-electron chi connectivity index (χ4n) is 3.27. The highest BCUT2D eigenvalue weighted by Gasteiger charge is 2.34. The highest BCUT2D eigenvalue weighted by atomic mass is 32.1. The van der Waals surface area contributed by atoms with Gasteiger partial charge in [-0.05, 0) is 52.2 Å². The summed E-state index contributed by atoms with van der Waals surface area (Å²) in [6.45, 7) is 11.7. The number of aryl methyl sites for hydroxylation is 2. The van der Waals surface area contributed by atoms with Crippen LogP contribution < -0.4 is 10.6 Å². The Morgan fingerprint density at radius 1 is 1.16 bits per heavy atom. The van der Waals surface area contributed by atoms with E-state index in [0.717, 1.165) is 36.0 Å². The van der Waals surface area contributed by atoms with Crippen LogP contribution in [0.4, 0.5) is 4.79 Å². The molecule has 2 atom stereocenters. The van der Waals surface area contributed by atoms with Crippen LogP contribution in [0.25, 0.3) is 0 Å². The van der Waals surface area contributed by atoms with Gasteiger partial charge >= 0.3 is 6.09 Å². The van der Waals surface area contributed by atoms with E-state index in [9.17, 15) is 14.4 Å². The van der Waals surface area contributed by atoms with Crippen molar-refractivity contribution in [3.63, 3.8) is 0 Å². The highest BCUT2D eigenvalue weighted by molar-refractivity contribution is 7.80. The highest BCUT2D eigenvalue weighted by Crippen LogP contribution is 2.25. The zero-order chi connectivity index (χ0) is 24.5. The lowest BCUT2D eigenvalue weighted by Gasteiger charge is -2.32. The Labute approximate surface area is 198 Å². The summed E-state index contributed by atoms with van der Waals surface area (Å²) in [7, 11) is 1.58. The molecule has 0 aliphatic rings. The van der Waals surface area contributed by atoms with E-state index in [4.69, 9.17) is 4.74 Å². The molecule has 7 nitrogen and oxygen atoms in total. The van der Waals surface area contributed by atoms with Gasteiger partial charge in [0.05, 0.1) is 0 Å². The predicted molar refractivity (Wildman–Crippen MR) is 131 cm³/mol. The smallest absolute Gasteiger partial charge is 0.408 e. The quantitative estimate of drug-likeness (QED) is 0.361. The Hall–Kier alpha value is -2.22. The minimum atomic E-state index is -0.932. The van der Waals surface area contributed by atoms with E-state index in [1.54, 1.807) is 27.8 Å². The molecule has 0 bridgehead atoms. The van der Waals surface area contributed by atoms with Gasteiger partial charge in [0.25, 0.3) is 0 Å². The first-order valence-corrected chi connectivity index (χ1v) is 11.8. The van der Waals surface area contributed by atoms with E-state index in [0.29, 0.717) is 6.54 Å². The minimum Gasteiger partial charge on any atom is -0.444 e. The summed E-state index contributed by atoms with van der Waals surface area (Å²) in [6, 6.07) is 4.07. The van der Waals surface area contributed by atoms with Crippen molar-refractivity contribution >= 4 is 30.5 Å². The zero-order valence-electron chi connectivity index (χ0n) is 20.4. The number of amides is 3. The molecule has 1 aromatic carbocycles. The predicted octanol–water partition coefficient (Wildman–Crippen LogP) is 3.93. The molecule has 2 N–H and O–H groups in total. The molecule has 0 saturated heterocycles. The second kappa shape index (κ2) is 12.7. The molecule has 1 rings (SSSR count). The van der Waals surface area contributed by atoms with Crippen LogP contribution in [0.3, 0.4) is 0 Å². The number of carbonyl (C=O) groups is 3. The number of nitrogens with one attached hydrogen (secondary N) is 2. The normalized spacial score (nSPS) is 13.1. The summed E-state index contributed by atoms with van der Waals surface area (Å²) in [5, 5.41) is 5.54. The maximum atomic E-state index is 13.3. The molecule has 0 aromatic heterocycles. The number of unbranched alkanes of at least 4 members (excludes halogenated alkanes) is 2. The molecule has 8 heteroatoms. The number of benzene rings is 1. The molecule has 0 radical (unpaired) electrons. The third kappa shape index (κ3) is 8.73. The summed E-state index contributed by atoms with van der Waals surface area (Å²) in [6.07, 6.45) is 2.24. The van der Waals surface area contributed by atoms with Gasteiger partial charge in [-0.25, -0.2) is 4.79 Å². The second-order valence-corrected chi connectivity index (χ2v) is 9.46.